The zero-order valence-electron chi connectivity index (χ0n) is 15.1. The Morgan fingerprint density at radius 1 is 1.12 bits per heavy atom. The number of benzene rings is 1. The zero-order valence-corrected chi connectivity index (χ0v) is 15.1. The van der Waals surface area contributed by atoms with Crippen LogP contribution in [-0.4, -0.2) is 50.2 Å². The van der Waals surface area contributed by atoms with Gasteiger partial charge >= 0.3 is 0 Å². The molecule has 4 heteroatoms. The molecule has 3 aliphatic rings. The quantitative estimate of drug-likeness (QED) is 0.897. The molecule has 1 N–H and O–H groups in total. The third kappa shape index (κ3) is 3.75. The summed E-state index contributed by atoms with van der Waals surface area (Å²) >= 11 is 0. The molecule has 0 bridgehead atoms. The molecule has 136 valence electrons. The third-order valence-electron chi connectivity index (χ3n) is 6.43. The average molecular weight is 342 g/mol. The first kappa shape index (κ1) is 17.0. The number of carbonyl (C=O) groups excluding carboxylic acids is 1. The van der Waals surface area contributed by atoms with Crippen molar-refractivity contribution in [1.29, 1.82) is 0 Å². The van der Waals surface area contributed by atoms with Crippen LogP contribution in [0.5, 0.6) is 0 Å². The number of amides is 1. The molecule has 1 aromatic carbocycles. The van der Waals surface area contributed by atoms with Gasteiger partial charge in [-0.3, -0.25) is 4.79 Å². The van der Waals surface area contributed by atoms with Gasteiger partial charge in [0, 0.05) is 38.4 Å². The van der Waals surface area contributed by atoms with Crippen LogP contribution in [0.3, 0.4) is 0 Å². The highest BCUT2D eigenvalue weighted by Crippen LogP contribution is 2.39. The van der Waals surface area contributed by atoms with Crippen LogP contribution in [0.1, 0.15) is 60.4 Å². The average Bonchev–Trinajstić information content (AvgIpc) is 2.69. The molecular weight excluding hydrogens is 312 g/mol. The fraction of sp³-hybridized carbons (Fsp3) is 0.667. The maximum absolute atomic E-state index is 13.0. The number of hydrogen-bond acceptors (Lipinski definition) is 3. The Hall–Kier alpha value is -1.39. The highest BCUT2D eigenvalue weighted by molar-refractivity contribution is 5.94. The Balaban J connectivity index is 1.43. The van der Waals surface area contributed by atoms with Gasteiger partial charge in [-0.1, -0.05) is 12.1 Å². The molecule has 3 fully saturated rings. The predicted molar refractivity (Wildman–Crippen MR) is 98.9 cm³/mol. The number of piperidine rings is 2. The molecule has 1 aromatic rings. The Morgan fingerprint density at radius 3 is 2.64 bits per heavy atom. The van der Waals surface area contributed by atoms with E-state index in [1.165, 1.54) is 24.8 Å². The number of rotatable bonds is 2. The molecule has 1 unspecified atom stereocenters. The van der Waals surface area contributed by atoms with Gasteiger partial charge < -0.3 is 15.0 Å². The van der Waals surface area contributed by atoms with Gasteiger partial charge in [0.25, 0.3) is 5.91 Å². The molecule has 3 aliphatic heterocycles. The summed E-state index contributed by atoms with van der Waals surface area (Å²) in [7, 11) is 0. The Bertz CT molecular complexity index is 581. The topological polar surface area (TPSA) is 41.6 Å². The van der Waals surface area contributed by atoms with E-state index < -0.39 is 0 Å². The lowest BCUT2D eigenvalue weighted by atomic mass is 9.74. The van der Waals surface area contributed by atoms with Crippen LogP contribution in [-0.2, 0) is 4.74 Å². The Labute approximate surface area is 150 Å². The number of hydrogen-bond donors (Lipinski definition) is 1. The van der Waals surface area contributed by atoms with Gasteiger partial charge in [0.2, 0.25) is 0 Å². The van der Waals surface area contributed by atoms with Crippen LogP contribution in [0.25, 0.3) is 0 Å². The molecule has 0 radical (unpaired) electrons. The Morgan fingerprint density at radius 2 is 1.92 bits per heavy atom. The summed E-state index contributed by atoms with van der Waals surface area (Å²) in [5.74, 6) is 0.803. The normalized spacial score (nSPS) is 26.6. The lowest BCUT2D eigenvalue weighted by Crippen LogP contribution is -2.48. The first-order valence-electron chi connectivity index (χ1n) is 9.94. The minimum atomic E-state index is 0.207. The summed E-state index contributed by atoms with van der Waals surface area (Å²) in [5.41, 5.74) is 2.51. The van der Waals surface area contributed by atoms with Gasteiger partial charge in [-0.05, 0) is 74.1 Å². The number of likely N-dealkylation sites (tertiary alicyclic amines) is 1. The summed E-state index contributed by atoms with van der Waals surface area (Å²) in [6.45, 7) is 5.70. The van der Waals surface area contributed by atoms with Crippen molar-refractivity contribution in [1.82, 2.24) is 10.2 Å². The molecule has 1 amide bonds. The van der Waals surface area contributed by atoms with Gasteiger partial charge in [0.1, 0.15) is 0 Å². The molecule has 0 aromatic heterocycles. The maximum Gasteiger partial charge on any atom is 0.253 e. The zero-order chi connectivity index (χ0) is 17.1. The second-order valence-electron chi connectivity index (χ2n) is 8.11. The van der Waals surface area contributed by atoms with E-state index >= 15 is 0 Å². The fourth-order valence-electron chi connectivity index (χ4n) is 4.81. The molecule has 0 saturated carbocycles. The van der Waals surface area contributed by atoms with Gasteiger partial charge in [0.15, 0.2) is 0 Å². The minimum absolute atomic E-state index is 0.207. The maximum atomic E-state index is 13.0. The summed E-state index contributed by atoms with van der Waals surface area (Å²) in [6, 6.07) is 8.41. The van der Waals surface area contributed by atoms with Crippen molar-refractivity contribution in [3.8, 4) is 0 Å². The van der Waals surface area contributed by atoms with Crippen LogP contribution in [0.4, 0.5) is 0 Å². The monoisotopic (exact) mass is 342 g/mol. The van der Waals surface area contributed by atoms with Crippen LogP contribution in [0, 0.1) is 5.41 Å². The van der Waals surface area contributed by atoms with Crippen LogP contribution >= 0.6 is 0 Å². The summed E-state index contributed by atoms with van der Waals surface area (Å²) in [4.78, 5) is 15.1. The van der Waals surface area contributed by atoms with Crippen molar-refractivity contribution in [2.45, 2.75) is 44.4 Å². The summed E-state index contributed by atoms with van der Waals surface area (Å²) in [6.07, 6.45) is 7.06. The SMILES string of the molecule is O=C(c1ccc(C2CCCNC2)cc1)N1CCCC2(CCOCC2)C1. The summed E-state index contributed by atoms with van der Waals surface area (Å²) in [5, 5.41) is 3.47. The van der Waals surface area contributed by atoms with Gasteiger partial charge in [-0.25, -0.2) is 0 Å². The number of ether oxygens (including phenoxy) is 1. The number of nitrogens with one attached hydrogen (secondary N) is 1. The van der Waals surface area contributed by atoms with Crippen LogP contribution < -0.4 is 5.32 Å². The standard InChI is InChI=1S/C21H30N2O2/c24-20(23-12-2-8-21(16-23)9-13-25-14-10-21)18-6-4-17(5-7-18)19-3-1-11-22-15-19/h4-7,19,22H,1-3,8-16H2. The number of nitrogens with zero attached hydrogens (tertiary/aromatic N) is 1. The van der Waals surface area contributed by atoms with Gasteiger partial charge in [0.05, 0.1) is 0 Å². The lowest BCUT2D eigenvalue weighted by molar-refractivity contribution is -0.0229. The van der Waals surface area contributed by atoms with E-state index in [-0.39, 0.29) is 5.91 Å². The van der Waals surface area contributed by atoms with E-state index in [0.717, 1.165) is 64.2 Å². The van der Waals surface area contributed by atoms with Crippen molar-refractivity contribution < 1.29 is 9.53 Å². The molecule has 4 nitrogen and oxygen atoms in total. The van der Waals surface area contributed by atoms with E-state index in [9.17, 15) is 4.79 Å². The minimum Gasteiger partial charge on any atom is -0.381 e. The largest absolute Gasteiger partial charge is 0.381 e. The van der Waals surface area contributed by atoms with Crippen LogP contribution in [0.2, 0.25) is 0 Å². The summed E-state index contributed by atoms with van der Waals surface area (Å²) < 4.78 is 5.54. The first-order chi connectivity index (χ1) is 12.3. The molecule has 3 saturated heterocycles. The third-order valence-corrected chi connectivity index (χ3v) is 6.43. The van der Waals surface area contributed by atoms with Crippen molar-refractivity contribution in [2.24, 2.45) is 5.41 Å². The predicted octanol–water partition coefficient (Wildman–Crippen LogP) is 3.19. The van der Waals surface area contributed by atoms with E-state index in [4.69, 9.17) is 4.74 Å². The molecule has 4 rings (SSSR count). The van der Waals surface area contributed by atoms with Gasteiger partial charge in [-0.15, -0.1) is 0 Å². The molecule has 1 atom stereocenters. The van der Waals surface area contributed by atoms with Crippen molar-refractivity contribution in [3.05, 3.63) is 35.4 Å². The molecule has 1 spiro atoms. The lowest BCUT2D eigenvalue weighted by Gasteiger charge is -2.45. The van der Waals surface area contributed by atoms with E-state index in [2.05, 4.69) is 22.3 Å². The smallest absolute Gasteiger partial charge is 0.253 e. The van der Waals surface area contributed by atoms with Crippen LogP contribution in [0.15, 0.2) is 24.3 Å². The molecule has 0 aliphatic carbocycles. The first-order valence-corrected chi connectivity index (χ1v) is 9.94. The van der Waals surface area contributed by atoms with E-state index in [1.807, 2.05) is 12.1 Å². The van der Waals surface area contributed by atoms with Crippen molar-refractivity contribution in [2.75, 3.05) is 39.4 Å². The van der Waals surface area contributed by atoms with Gasteiger partial charge in [-0.2, -0.15) is 0 Å². The van der Waals surface area contributed by atoms with Crippen molar-refractivity contribution in [3.63, 3.8) is 0 Å². The fourth-order valence-corrected chi connectivity index (χ4v) is 4.81. The molecule has 25 heavy (non-hydrogen) atoms. The molecule has 3 heterocycles. The second kappa shape index (κ2) is 7.46. The highest BCUT2D eigenvalue weighted by Gasteiger charge is 2.38. The second-order valence-corrected chi connectivity index (χ2v) is 8.11. The van der Waals surface area contributed by atoms with E-state index in [0.29, 0.717) is 11.3 Å². The van der Waals surface area contributed by atoms with Crippen molar-refractivity contribution >= 4 is 5.91 Å². The highest BCUT2D eigenvalue weighted by atomic mass is 16.5. The number of carbonyl (C=O) groups is 1. The van der Waals surface area contributed by atoms with E-state index in [1.54, 1.807) is 0 Å². The molecular formula is C21H30N2O2. The Kier molecular flexibility index (Phi) is 5.09.